The van der Waals surface area contributed by atoms with Crippen LogP contribution in [0.25, 0.3) is 0 Å². The number of rotatable bonds is 1. The molecule has 0 bridgehead atoms. The van der Waals surface area contributed by atoms with Crippen LogP contribution < -0.4 is 4.90 Å². The molecule has 7 heteroatoms. The first-order chi connectivity index (χ1) is 8.71. The summed E-state index contributed by atoms with van der Waals surface area (Å²) in [5, 5.41) is 0. The maximum Gasteiger partial charge on any atom is 0.416 e. The molecule has 1 saturated heterocycles. The Labute approximate surface area is 115 Å². The van der Waals surface area contributed by atoms with Crippen molar-refractivity contribution in [3.8, 4) is 0 Å². The highest BCUT2D eigenvalue weighted by atomic mass is 79.9. The van der Waals surface area contributed by atoms with Gasteiger partial charge in [0.15, 0.2) is 0 Å². The highest BCUT2D eigenvalue weighted by Crippen LogP contribution is 2.37. The van der Waals surface area contributed by atoms with Gasteiger partial charge < -0.3 is 0 Å². The highest BCUT2D eigenvalue weighted by molar-refractivity contribution is 9.10. The second-order valence-electron chi connectivity index (χ2n) is 4.34. The number of hydrogen-bond donors (Lipinski definition) is 0. The number of halogens is 4. The monoisotopic (exact) mass is 335 g/mol. The van der Waals surface area contributed by atoms with Gasteiger partial charge in [0.25, 0.3) is 0 Å². The molecule has 2 amide bonds. The van der Waals surface area contributed by atoms with Crippen molar-refractivity contribution in [1.82, 2.24) is 0 Å². The lowest BCUT2D eigenvalue weighted by Crippen LogP contribution is -2.30. The summed E-state index contributed by atoms with van der Waals surface area (Å²) in [6.07, 6.45) is -4.51. The molecule has 1 aliphatic rings. The molecule has 1 unspecified atom stereocenters. The van der Waals surface area contributed by atoms with E-state index in [9.17, 15) is 22.8 Å². The van der Waals surface area contributed by atoms with E-state index in [4.69, 9.17) is 0 Å². The Bertz CT molecular complexity index is 556. The summed E-state index contributed by atoms with van der Waals surface area (Å²) in [5.41, 5.74) is -0.958. The van der Waals surface area contributed by atoms with Gasteiger partial charge >= 0.3 is 6.18 Å². The van der Waals surface area contributed by atoms with Crippen LogP contribution in [0.15, 0.2) is 22.7 Å². The number of hydrogen-bond acceptors (Lipinski definition) is 2. The molecule has 0 spiro atoms. The van der Waals surface area contributed by atoms with Gasteiger partial charge in [-0.15, -0.1) is 0 Å². The third-order valence-corrected chi connectivity index (χ3v) is 3.56. The molecule has 3 nitrogen and oxygen atoms in total. The maximum atomic E-state index is 12.7. The smallest absolute Gasteiger partial charge is 0.274 e. The van der Waals surface area contributed by atoms with Crippen LogP contribution >= 0.6 is 15.9 Å². The van der Waals surface area contributed by atoms with Crippen LogP contribution in [0, 0.1) is 5.92 Å². The molecule has 1 aliphatic heterocycles. The van der Waals surface area contributed by atoms with E-state index < -0.39 is 29.5 Å². The van der Waals surface area contributed by atoms with Crippen molar-refractivity contribution in [2.75, 3.05) is 4.90 Å². The Hall–Kier alpha value is -1.37. The summed E-state index contributed by atoms with van der Waals surface area (Å²) >= 11 is 3.07. The molecular formula is C12H9BrF3NO2. The lowest BCUT2D eigenvalue weighted by molar-refractivity contribution is -0.137. The minimum Gasteiger partial charge on any atom is -0.274 e. The summed E-state index contributed by atoms with van der Waals surface area (Å²) in [6, 6.07) is 2.88. The van der Waals surface area contributed by atoms with Crippen molar-refractivity contribution in [2.45, 2.75) is 19.5 Å². The van der Waals surface area contributed by atoms with Gasteiger partial charge in [-0.2, -0.15) is 13.2 Å². The van der Waals surface area contributed by atoms with E-state index in [0.29, 0.717) is 0 Å². The number of carbonyl (C=O) groups excluding carboxylic acids is 2. The molecule has 1 atom stereocenters. The standard InChI is InChI=1S/C12H9BrF3NO2/c1-6-4-10(18)17(11(6)19)9-5-7(12(14,15)16)2-3-8(9)13/h2-3,5-6H,4H2,1H3. The van der Waals surface area contributed by atoms with Crippen LogP contribution in [0.2, 0.25) is 0 Å². The zero-order chi connectivity index (χ0) is 14.4. The summed E-state index contributed by atoms with van der Waals surface area (Å²) in [6.45, 7) is 1.57. The third kappa shape index (κ3) is 2.51. The quantitative estimate of drug-likeness (QED) is 0.738. The number of nitrogens with zero attached hydrogens (tertiary/aromatic N) is 1. The number of alkyl halides is 3. The second-order valence-corrected chi connectivity index (χ2v) is 5.19. The molecule has 1 aromatic rings. The van der Waals surface area contributed by atoms with Crippen LogP contribution in [0.3, 0.4) is 0 Å². The fourth-order valence-electron chi connectivity index (χ4n) is 1.90. The predicted molar refractivity (Wildman–Crippen MR) is 65.4 cm³/mol. The Morgan fingerprint density at radius 1 is 1.32 bits per heavy atom. The molecule has 0 radical (unpaired) electrons. The lowest BCUT2D eigenvalue weighted by Gasteiger charge is -2.18. The van der Waals surface area contributed by atoms with Crippen LogP contribution in [-0.2, 0) is 15.8 Å². The van der Waals surface area contributed by atoms with Crippen molar-refractivity contribution < 1.29 is 22.8 Å². The zero-order valence-corrected chi connectivity index (χ0v) is 11.4. The van der Waals surface area contributed by atoms with Gasteiger partial charge in [0.1, 0.15) is 0 Å². The molecule has 102 valence electrons. The van der Waals surface area contributed by atoms with Gasteiger partial charge in [-0.25, -0.2) is 4.90 Å². The summed E-state index contributed by atoms with van der Waals surface area (Å²) < 4.78 is 38.2. The Morgan fingerprint density at radius 3 is 2.42 bits per heavy atom. The molecule has 1 aromatic carbocycles. The van der Waals surface area contributed by atoms with Crippen LogP contribution in [0.1, 0.15) is 18.9 Å². The van der Waals surface area contributed by atoms with Gasteiger partial charge in [0.2, 0.25) is 11.8 Å². The van der Waals surface area contributed by atoms with Gasteiger partial charge in [-0.05, 0) is 34.1 Å². The predicted octanol–water partition coefficient (Wildman–Crippen LogP) is 3.37. The zero-order valence-electron chi connectivity index (χ0n) is 9.79. The van der Waals surface area contributed by atoms with Crippen molar-refractivity contribution in [1.29, 1.82) is 0 Å². The van der Waals surface area contributed by atoms with E-state index in [1.54, 1.807) is 6.92 Å². The number of carbonyl (C=O) groups is 2. The lowest BCUT2D eigenvalue weighted by atomic mass is 10.1. The minimum atomic E-state index is -4.52. The topological polar surface area (TPSA) is 37.4 Å². The van der Waals surface area contributed by atoms with E-state index in [0.717, 1.165) is 17.0 Å². The average Bonchev–Trinajstić information content (AvgIpc) is 2.53. The van der Waals surface area contributed by atoms with Crippen molar-refractivity contribution in [3.05, 3.63) is 28.2 Å². The molecule has 0 aromatic heterocycles. The highest BCUT2D eigenvalue weighted by Gasteiger charge is 2.39. The number of anilines is 1. The molecule has 0 aliphatic carbocycles. The first kappa shape index (κ1) is 14.0. The Kier molecular flexibility index (Phi) is 3.42. The number of amides is 2. The largest absolute Gasteiger partial charge is 0.416 e. The molecular weight excluding hydrogens is 327 g/mol. The van der Waals surface area contributed by atoms with Gasteiger partial charge in [-0.3, -0.25) is 9.59 Å². The molecule has 0 N–H and O–H groups in total. The second kappa shape index (κ2) is 4.63. The fraction of sp³-hybridized carbons (Fsp3) is 0.333. The van der Waals surface area contributed by atoms with Crippen molar-refractivity contribution in [2.24, 2.45) is 5.92 Å². The van der Waals surface area contributed by atoms with Crippen LogP contribution in [0.5, 0.6) is 0 Å². The first-order valence-corrected chi connectivity index (χ1v) is 6.24. The van der Waals surface area contributed by atoms with E-state index in [2.05, 4.69) is 15.9 Å². The molecule has 19 heavy (non-hydrogen) atoms. The maximum absolute atomic E-state index is 12.7. The fourth-order valence-corrected chi connectivity index (χ4v) is 2.32. The van der Waals surface area contributed by atoms with Crippen molar-refractivity contribution in [3.63, 3.8) is 0 Å². The summed E-state index contributed by atoms with van der Waals surface area (Å²) in [7, 11) is 0. The first-order valence-electron chi connectivity index (χ1n) is 5.45. The van der Waals surface area contributed by atoms with E-state index >= 15 is 0 Å². The van der Waals surface area contributed by atoms with Gasteiger partial charge in [-0.1, -0.05) is 6.92 Å². The average molecular weight is 336 g/mol. The van der Waals surface area contributed by atoms with E-state index in [-0.39, 0.29) is 16.6 Å². The summed E-state index contributed by atoms with van der Waals surface area (Å²) in [5.74, 6) is -1.48. The molecule has 2 rings (SSSR count). The Morgan fingerprint density at radius 2 is 1.95 bits per heavy atom. The number of imide groups is 1. The summed E-state index contributed by atoms with van der Waals surface area (Å²) in [4.78, 5) is 24.4. The molecule has 1 heterocycles. The van der Waals surface area contributed by atoms with Crippen LogP contribution in [-0.4, -0.2) is 11.8 Å². The van der Waals surface area contributed by atoms with Gasteiger partial charge in [0, 0.05) is 16.8 Å². The van der Waals surface area contributed by atoms with E-state index in [1.165, 1.54) is 6.07 Å². The Balaban J connectivity index is 2.51. The minimum absolute atomic E-state index is 0.0154. The normalized spacial score (nSPS) is 20.3. The van der Waals surface area contributed by atoms with Crippen molar-refractivity contribution >= 4 is 33.4 Å². The molecule has 1 fully saturated rings. The number of benzene rings is 1. The van der Waals surface area contributed by atoms with Gasteiger partial charge in [0.05, 0.1) is 11.3 Å². The molecule has 0 saturated carbocycles. The van der Waals surface area contributed by atoms with Crippen LogP contribution in [0.4, 0.5) is 18.9 Å². The third-order valence-electron chi connectivity index (χ3n) is 2.89. The van der Waals surface area contributed by atoms with E-state index in [1.807, 2.05) is 0 Å². The SMILES string of the molecule is CC1CC(=O)N(c2cc(C(F)(F)F)ccc2Br)C1=O.